The van der Waals surface area contributed by atoms with Crippen molar-refractivity contribution in [1.82, 2.24) is 5.32 Å². The predicted octanol–water partition coefficient (Wildman–Crippen LogP) is 4.51. The van der Waals surface area contributed by atoms with Crippen LogP contribution in [0.2, 0.25) is 0 Å². The summed E-state index contributed by atoms with van der Waals surface area (Å²) in [6, 6.07) is 14.5. The van der Waals surface area contributed by atoms with E-state index in [1.165, 1.54) is 5.56 Å². The van der Waals surface area contributed by atoms with Gasteiger partial charge in [-0.1, -0.05) is 42.5 Å². The van der Waals surface area contributed by atoms with Crippen molar-refractivity contribution in [1.29, 1.82) is 0 Å². The Kier molecular flexibility index (Phi) is 5.52. The second-order valence-electron chi connectivity index (χ2n) is 8.11. The molecule has 1 N–H and O–H groups in total. The van der Waals surface area contributed by atoms with Crippen molar-refractivity contribution in [3.63, 3.8) is 0 Å². The minimum atomic E-state index is -0.368. The number of benzene rings is 2. The Balaban J connectivity index is 1.60. The van der Waals surface area contributed by atoms with Crippen LogP contribution < -0.4 is 10.1 Å². The van der Waals surface area contributed by atoms with Crippen LogP contribution in [-0.2, 0) is 15.9 Å². The molecule has 2 aromatic carbocycles. The molecular formula is C23H27NO3S. The van der Waals surface area contributed by atoms with E-state index < -0.39 is 0 Å². The van der Waals surface area contributed by atoms with E-state index in [9.17, 15) is 0 Å². The van der Waals surface area contributed by atoms with E-state index in [2.05, 4.69) is 50.4 Å². The highest BCUT2D eigenvalue weighted by atomic mass is 32.1. The van der Waals surface area contributed by atoms with Gasteiger partial charge in [-0.15, -0.1) is 0 Å². The topological polar surface area (TPSA) is 39.7 Å². The molecule has 0 saturated carbocycles. The molecule has 1 saturated heterocycles. The van der Waals surface area contributed by atoms with Crippen molar-refractivity contribution in [2.75, 3.05) is 13.2 Å². The van der Waals surface area contributed by atoms with Crippen molar-refractivity contribution >= 4 is 17.6 Å². The average Bonchev–Trinajstić information content (AvgIpc) is 3.01. The molecule has 0 unspecified atom stereocenters. The smallest absolute Gasteiger partial charge is 0.177 e. The zero-order valence-corrected chi connectivity index (χ0v) is 17.4. The highest BCUT2D eigenvalue weighted by molar-refractivity contribution is 7.79. The lowest BCUT2D eigenvalue weighted by Crippen LogP contribution is -2.43. The van der Waals surface area contributed by atoms with Gasteiger partial charge in [-0.05, 0) is 49.6 Å². The first kappa shape index (κ1) is 19.5. The highest BCUT2D eigenvalue weighted by Gasteiger charge is 2.35. The lowest BCUT2D eigenvalue weighted by Gasteiger charge is -2.35. The molecular weight excluding hydrogens is 370 g/mol. The molecule has 3 atom stereocenters. The molecule has 0 aromatic heterocycles. The van der Waals surface area contributed by atoms with Gasteiger partial charge in [0.1, 0.15) is 11.4 Å². The van der Waals surface area contributed by atoms with Crippen LogP contribution in [0.4, 0.5) is 0 Å². The summed E-state index contributed by atoms with van der Waals surface area (Å²) in [6.45, 7) is 7.71. The zero-order chi connectivity index (χ0) is 19.7. The van der Waals surface area contributed by atoms with Crippen LogP contribution in [0.15, 0.2) is 42.5 Å². The third-order valence-corrected chi connectivity index (χ3v) is 5.58. The molecule has 0 aliphatic carbocycles. The van der Waals surface area contributed by atoms with Crippen LogP contribution in [0, 0.1) is 0 Å². The molecule has 2 aliphatic rings. The van der Waals surface area contributed by atoms with Crippen molar-refractivity contribution in [3.8, 4) is 5.75 Å². The van der Waals surface area contributed by atoms with Crippen molar-refractivity contribution in [3.05, 3.63) is 64.7 Å². The fraction of sp³-hybridized carbons (Fsp3) is 0.435. The minimum absolute atomic E-state index is 0.00324. The summed E-state index contributed by atoms with van der Waals surface area (Å²) in [5.41, 5.74) is 4.18. The van der Waals surface area contributed by atoms with Crippen molar-refractivity contribution in [2.45, 2.75) is 51.2 Å². The van der Waals surface area contributed by atoms with Gasteiger partial charge in [-0.2, -0.15) is 0 Å². The molecule has 5 heteroatoms. The van der Waals surface area contributed by atoms with Gasteiger partial charge in [0.2, 0.25) is 0 Å². The van der Waals surface area contributed by atoms with Gasteiger partial charge in [-0.3, -0.25) is 0 Å². The number of hydrogen-bond donors (Lipinski definition) is 1. The first-order valence-corrected chi connectivity index (χ1v) is 10.3. The quantitative estimate of drug-likeness (QED) is 0.752. The number of morpholine rings is 1. The Morgan fingerprint density at radius 1 is 1.25 bits per heavy atom. The second kappa shape index (κ2) is 7.91. The normalized spacial score (nSPS) is 24.2. The van der Waals surface area contributed by atoms with E-state index in [0.29, 0.717) is 6.61 Å². The maximum absolute atomic E-state index is 6.42. The summed E-state index contributed by atoms with van der Waals surface area (Å²) >= 11 is 5.20. The molecule has 2 aliphatic heterocycles. The minimum Gasteiger partial charge on any atom is -0.487 e. The summed E-state index contributed by atoms with van der Waals surface area (Å²) in [5, 5.41) is 5.24. The molecule has 148 valence electrons. The molecule has 4 rings (SSSR count). The fourth-order valence-corrected chi connectivity index (χ4v) is 4.18. The Hall–Kier alpha value is -1.79. The Morgan fingerprint density at radius 3 is 2.79 bits per heavy atom. The summed E-state index contributed by atoms with van der Waals surface area (Å²) in [4.78, 5) is 0. The molecule has 0 radical (unpaired) electrons. The third kappa shape index (κ3) is 3.98. The molecule has 0 amide bonds. The van der Waals surface area contributed by atoms with Gasteiger partial charge >= 0.3 is 0 Å². The number of rotatable bonds is 5. The molecule has 0 spiro atoms. The monoisotopic (exact) mass is 397 g/mol. The molecule has 0 bridgehead atoms. The van der Waals surface area contributed by atoms with Gasteiger partial charge in [-0.25, -0.2) is 0 Å². The Morgan fingerprint density at radius 2 is 2.04 bits per heavy atom. The van der Waals surface area contributed by atoms with Crippen LogP contribution in [0.3, 0.4) is 0 Å². The Labute approximate surface area is 172 Å². The van der Waals surface area contributed by atoms with E-state index in [0.717, 1.165) is 35.4 Å². The van der Waals surface area contributed by atoms with Crippen molar-refractivity contribution in [2.24, 2.45) is 0 Å². The van der Waals surface area contributed by atoms with Gasteiger partial charge in [0.05, 0.1) is 18.8 Å². The Bertz CT molecular complexity index is 852. The van der Waals surface area contributed by atoms with Crippen LogP contribution in [0.5, 0.6) is 5.75 Å². The first-order chi connectivity index (χ1) is 13.5. The molecule has 28 heavy (non-hydrogen) atoms. The molecule has 4 nitrogen and oxygen atoms in total. The summed E-state index contributed by atoms with van der Waals surface area (Å²) in [5.74, 6) is 0.929. The molecule has 2 heterocycles. The van der Waals surface area contributed by atoms with Crippen LogP contribution in [-0.4, -0.2) is 30.4 Å². The summed E-state index contributed by atoms with van der Waals surface area (Å²) in [7, 11) is 0. The fourth-order valence-electron chi connectivity index (χ4n) is 4.05. The number of ether oxygens (including phenoxy) is 3. The molecule has 1 fully saturated rings. The van der Waals surface area contributed by atoms with E-state index in [-0.39, 0.29) is 24.0 Å². The van der Waals surface area contributed by atoms with Crippen LogP contribution in [0.1, 0.15) is 55.2 Å². The standard InChI is InChI=1S/C23H27NO3S/c1-15(19-12-16(14-28)11-18-13-23(2,3)27-21(18)19)26-22-20(24-9-10-25-22)17-7-5-4-6-8-17/h4-8,11-12,14-15,20,22,24H,9-10,13H2,1-3H3/t15-,20+,22-/m1/s1. The number of fused-ring (bicyclic) bond motifs is 1. The SMILES string of the molecule is C[C@@H](O[C@H]1OCCN[C@H]1c1ccccc1)c1cc(C=S)cc2c1OC(C)(C)C2. The van der Waals surface area contributed by atoms with E-state index >= 15 is 0 Å². The summed E-state index contributed by atoms with van der Waals surface area (Å²) in [6.07, 6.45) is 0.314. The van der Waals surface area contributed by atoms with E-state index in [4.69, 9.17) is 26.4 Å². The molecule has 2 aromatic rings. The average molecular weight is 398 g/mol. The van der Waals surface area contributed by atoms with Gasteiger partial charge in [0, 0.05) is 23.9 Å². The largest absolute Gasteiger partial charge is 0.487 e. The third-order valence-electron chi connectivity index (χ3n) is 5.30. The van der Waals surface area contributed by atoms with Gasteiger partial charge in [0.25, 0.3) is 0 Å². The van der Waals surface area contributed by atoms with Crippen LogP contribution in [0.25, 0.3) is 0 Å². The van der Waals surface area contributed by atoms with Gasteiger partial charge in [0.15, 0.2) is 6.29 Å². The number of thiocarbonyl (C=S) groups is 1. The lowest BCUT2D eigenvalue weighted by atomic mass is 9.97. The number of hydrogen-bond acceptors (Lipinski definition) is 5. The summed E-state index contributed by atoms with van der Waals surface area (Å²) < 4.78 is 18.7. The van der Waals surface area contributed by atoms with E-state index in [1.54, 1.807) is 5.37 Å². The maximum Gasteiger partial charge on any atom is 0.177 e. The lowest BCUT2D eigenvalue weighted by molar-refractivity contribution is -0.200. The van der Waals surface area contributed by atoms with Crippen LogP contribution >= 0.6 is 12.2 Å². The van der Waals surface area contributed by atoms with Crippen molar-refractivity contribution < 1.29 is 14.2 Å². The zero-order valence-electron chi connectivity index (χ0n) is 16.6. The highest BCUT2D eigenvalue weighted by Crippen LogP contribution is 2.42. The number of nitrogens with one attached hydrogen (secondary N) is 1. The van der Waals surface area contributed by atoms with E-state index in [1.807, 2.05) is 18.2 Å². The maximum atomic E-state index is 6.42. The first-order valence-electron chi connectivity index (χ1n) is 9.83. The van der Waals surface area contributed by atoms with Gasteiger partial charge < -0.3 is 19.5 Å². The second-order valence-corrected chi connectivity index (χ2v) is 8.35. The predicted molar refractivity (Wildman–Crippen MR) is 114 cm³/mol.